The number of hydrogen-bond donors (Lipinski definition) is 2. The summed E-state index contributed by atoms with van der Waals surface area (Å²) < 4.78 is 0. The fourth-order valence-electron chi connectivity index (χ4n) is 3.93. The summed E-state index contributed by atoms with van der Waals surface area (Å²) in [6.45, 7) is 8.05. The summed E-state index contributed by atoms with van der Waals surface area (Å²) in [6.07, 6.45) is 4.73. The second-order valence-electron chi connectivity index (χ2n) is 8.45. The molecule has 0 bridgehead atoms. The third-order valence-electron chi connectivity index (χ3n) is 5.94. The maximum absolute atomic E-state index is 11.4. The van der Waals surface area contributed by atoms with E-state index in [0.29, 0.717) is 6.54 Å². The van der Waals surface area contributed by atoms with Gasteiger partial charge in [-0.3, -0.25) is 10.0 Å². The van der Waals surface area contributed by atoms with Crippen molar-refractivity contribution in [1.82, 2.24) is 10.2 Å². The lowest BCUT2D eigenvalue weighted by atomic mass is 10.1. The van der Waals surface area contributed by atoms with E-state index in [-0.39, 0.29) is 5.91 Å². The third-order valence-corrected chi connectivity index (χ3v) is 5.94. The summed E-state index contributed by atoms with van der Waals surface area (Å²) in [5, 5.41) is 15.1. The first-order chi connectivity index (χ1) is 15.0. The highest BCUT2D eigenvalue weighted by atomic mass is 16.5. The molecule has 1 fully saturated rings. The van der Waals surface area contributed by atoms with Crippen LogP contribution >= 0.6 is 0 Å². The molecule has 0 aromatic heterocycles. The average molecular weight is 425 g/mol. The molecule has 1 amide bonds. The largest absolute Gasteiger partial charge is 0.369 e. The zero-order valence-electron chi connectivity index (χ0n) is 19.1. The first kappa shape index (κ1) is 23.1. The van der Waals surface area contributed by atoms with E-state index >= 15 is 0 Å². The molecule has 6 nitrogen and oxygen atoms in total. The van der Waals surface area contributed by atoms with Gasteiger partial charge in [-0.1, -0.05) is 38.0 Å². The van der Waals surface area contributed by atoms with Gasteiger partial charge in [-0.15, -0.1) is 0 Å². The summed E-state index contributed by atoms with van der Waals surface area (Å²) in [4.78, 5) is 16.1. The van der Waals surface area contributed by atoms with E-state index in [1.54, 1.807) is 0 Å². The number of rotatable bonds is 9. The number of carbonyl (C=O) groups is 1. The van der Waals surface area contributed by atoms with Crippen LogP contribution in [0.5, 0.6) is 0 Å². The van der Waals surface area contributed by atoms with Crippen LogP contribution < -0.4 is 15.3 Å². The number of benzene rings is 2. The molecule has 1 saturated heterocycles. The molecule has 6 heteroatoms. The van der Waals surface area contributed by atoms with Crippen molar-refractivity contribution in [2.24, 2.45) is 0 Å². The van der Waals surface area contributed by atoms with E-state index in [9.17, 15) is 10.0 Å². The maximum Gasteiger partial charge on any atom is 0.217 e. The summed E-state index contributed by atoms with van der Waals surface area (Å²) in [5.74, 6) is -0.0452. The highest BCUT2D eigenvalue weighted by molar-refractivity contribution is 5.74. The van der Waals surface area contributed by atoms with E-state index in [4.69, 9.17) is 0 Å². The molecular weight excluding hydrogens is 388 g/mol. The van der Waals surface area contributed by atoms with Crippen molar-refractivity contribution in [2.45, 2.75) is 46.1 Å². The number of unbranched alkanes of at least 4 members (excludes halogenated alkanes) is 2. The Labute approximate surface area is 186 Å². The molecule has 0 unspecified atom stereocenters. The maximum atomic E-state index is 11.4. The second-order valence-corrected chi connectivity index (χ2v) is 8.45. The number of aryl methyl sites for hydroxylation is 1. The van der Waals surface area contributed by atoms with Gasteiger partial charge in [0.05, 0.1) is 11.4 Å². The lowest BCUT2D eigenvalue weighted by molar-refractivity contribution is -0.119. The van der Waals surface area contributed by atoms with Gasteiger partial charge in [0.2, 0.25) is 5.91 Å². The summed E-state index contributed by atoms with van der Waals surface area (Å²) in [5.41, 5.74) is 4.89. The van der Waals surface area contributed by atoms with E-state index in [1.165, 1.54) is 36.8 Å². The molecule has 1 aliphatic rings. The number of likely N-dealkylation sites (N-methyl/N-ethyl adjacent to an activating group) is 1. The molecule has 31 heavy (non-hydrogen) atoms. The Kier molecular flexibility index (Phi) is 8.32. The zero-order valence-corrected chi connectivity index (χ0v) is 19.1. The number of nitrogens with one attached hydrogen (secondary N) is 1. The van der Waals surface area contributed by atoms with Gasteiger partial charge in [0.1, 0.15) is 0 Å². The Morgan fingerprint density at radius 2 is 1.71 bits per heavy atom. The van der Waals surface area contributed by atoms with Gasteiger partial charge in [0.25, 0.3) is 0 Å². The van der Waals surface area contributed by atoms with Crippen molar-refractivity contribution in [3.8, 4) is 0 Å². The highest BCUT2D eigenvalue weighted by Gasteiger charge is 2.19. The van der Waals surface area contributed by atoms with Gasteiger partial charge >= 0.3 is 0 Å². The van der Waals surface area contributed by atoms with Crippen LogP contribution in [0, 0.1) is 0 Å². The molecule has 1 heterocycles. The fraction of sp³-hybridized carbons (Fsp3) is 0.480. The summed E-state index contributed by atoms with van der Waals surface area (Å²) in [7, 11) is 2.13. The molecule has 1 aliphatic heterocycles. The minimum absolute atomic E-state index is 0.0452. The monoisotopic (exact) mass is 424 g/mol. The Morgan fingerprint density at radius 3 is 2.35 bits per heavy atom. The van der Waals surface area contributed by atoms with Gasteiger partial charge in [0.15, 0.2) is 0 Å². The van der Waals surface area contributed by atoms with Gasteiger partial charge in [0, 0.05) is 45.3 Å². The fourth-order valence-corrected chi connectivity index (χ4v) is 3.93. The molecule has 0 saturated carbocycles. The molecule has 168 valence electrons. The first-order valence-electron chi connectivity index (χ1n) is 11.4. The van der Waals surface area contributed by atoms with Crippen LogP contribution in [-0.2, 0) is 17.8 Å². The van der Waals surface area contributed by atoms with Crippen molar-refractivity contribution in [3.05, 3.63) is 53.6 Å². The van der Waals surface area contributed by atoms with Crippen molar-refractivity contribution in [3.63, 3.8) is 0 Å². The van der Waals surface area contributed by atoms with Gasteiger partial charge in [-0.05, 0) is 55.3 Å². The summed E-state index contributed by atoms with van der Waals surface area (Å²) in [6, 6.07) is 14.1. The number of anilines is 3. The lowest BCUT2D eigenvalue weighted by Gasteiger charge is -2.35. The third kappa shape index (κ3) is 6.45. The Balaban J connectivity index is 1.79. The van der Waals surface area contributed by atoms with Crippen molar-refractivity contribution < 1.29 is 10.0 Å². The molecule has 0 spiro atoms. The van der Waals surface area contributed by atoms with E-state index in [0.717, 1.165) is 55.2 Å². The second kappa shape index (κ2) is 11.2. The average Bonchev–Trinajstić information content (AvgIpc) is 2.78. The quantitative estimate of drug-likeness (QED) is 0.463. The lowest BCUT2D eigenvalue weighted by Crippen LogP contribution is -2.45. The van der Waals surface area contributed by atoms with Crippen LogP contribution in [0.15, 0.2) is 42.5 Å². The highest BCUT2D eigenvalue weighted by Crippen LogP contribution is 2.31. The van der Waals surface area contributed by atoms with Gasteiger partial charge in [-0.2, -0.15) is 0 Å². The van der Waals surface area contributed by atoms with Crippen molar-refractivity contribution in [2.75, 3.05) is 43.2 Å². The summed E-state index contributed by atoms with van der Waals surface area (Å²) >= 11 is 0. The van der Waals surface area contributed by atoms with Crippen LogP contribution in [0.25, 0.3) is 0 Å². The minimum Gasteiger partial charge on any atom is -0.369 e. The normalized spacial score (nSPS) is 14.5. The smallest absolute Gasteiger partial charge is 0.217 e. The SMILES string of the molecule is CCCCCc1ccc(N(O)c2ccc(CNC(C)=O)c(N3CCN(C)CC3)c2)cc1. The Hall–Kier alpha value is -2.57. The predicted octanol–water partition coefficient (Wildman–Crippen LogP) is 4.33. The van der Waals surface area contributed by atoms with Crippen LogP contribution in [0.3, 0.4) is 0 Å². The Bertz CT molecular complexity index is 845. The minimum atomic E-state index is -0.0452. The van der Waals surface area contributed by atoms with Crippen LogP contribution in [0.1, 0.15) is 44.2 Å². The molecule has 2 aromatic rings. The van der Waals surface area contributed by atoms with Gasteiger partial charge < -0.3 is 15.1 Å². The first-order valence-corrected chi connectivity index (χ1v) is 11.4. The number of piperazine rings is 1. The molecule has 2 aromatic carbocycles. The number of hydrogen-bond acceptors (Lipinski definition) is 5. The Morgan fingerprint density at radius 1 is 1.03 bits per heavy atom. The predicted molar refractivity (Wildman–Crippen MR) is 127 cm³/mol. The molecule has 0 aliphatic carbocycles. The van der Waals surface area contributed by atoms with Crippen LogP contribution in [-0.4, -0.2) is 49.2 Å². The molecule has 3 rings (SSSR count). The molecule has 2 N–H and O–H groups in total. The number of amides is 1. The molecule has 0 atom stereocenters. The van der Waals surface area contributed by atoms with Crippen LogP contribution in [0.4, 0.5) is 17.1 Å². The topological polar surface area (TPSA) is 59.1 Å². The van der Waals surface area contributed by atoms with E-state index < -0.39 is 0 Å². The van der Waals surface area contributed by atoms with Gasteiger partial charge in [-0.25, -0.2) is 5.06 Å². The molecule has 0 radical (unpaired) electrons. The van der Waals surface area contributed by atoms with Crippen molar-refractivity contribution >= 4 is 23.0 Å². The zero-order chi connectivity index (χ0) is 22.2. The number of carbonyl (C=O) groups excluding carboxylic acids is 1. The van der Waals surface area contributed by atoms with Crippen molar-refractivity contribution in [1.29, 1.82) is 0 Å². The standard InChI is InChI=1S/C25H36N4O2/c1-4-5-6-7-21-8-11-23(12-9-21)29(31)24-13-10-22(19-26-20(2)30)25(18-24)28-16-14-27(3)15-17-28/h8-13,18,31H,4-7,14-17,19H2,1-3H3,(H,26,30). The van der Waals surface area contributed by atoms with E-state index in [1.807, 2.05) is 30.3 Å². The van der Waals surface area contributed by atoms with E-state index in [2.05, 4.69) is 41.2 Å². The number of nitrogens with zero attached hydrogens (tertiary/aromatic N) is 3. The van der Waals surface area contributed by atoms with Crippen LogP contribution in [0.2, 0.25) is 0 Å². The molecular formula is C25H36N4O2.